The Balaban J connectivity index is 1.59. The maximum atomic E-state index is 14.0. The van der Waals surface area contributed by atoms with E-state index in [9.17, 15) is 9.18 Å². The van der Waals surface area contributed by atoms with E-state index in [0.717, 1.165) is 24.2 Å². The van der Waals surface area contributed by atoms with E-state index in [2.05, 4.69) is 10.2 Å². The first kappa shape index (κ1) is 15.6. The standard InChI is InChI=1S/C19H18ClFN2O/c20-14-5-6-18(21)12(7-14)9-23-10-13-8-22-19(24)16-4-2-1-3-15(16)17(13)11-23/h1-7,13,17H,8-11H2,(H,22,24)/t13-,17-/m1/s1. The maximum Gasteiger partial charge on any atom is 0.251 e. The molecule has 3 nitrogen and oxygen atoms in total. The molecule has 1 amide bonds. The highest BCUT2D eigenvalue weighted by atomic mass is 35.5. The van der Waals surface area contributed by atoms with Crippen LogP contribution in [-0.2, 0) is 6.54 Å². The first-order valence-corrected chi connectivity index (χ1v) is 8.53. The van der Waals surface area contributed by atoms with Crippen molar-refractivity contribution in [3.8, 4) is 0 Å². The second kappa shape index (κ2) is 6.19. The van der Waals surface area contributed by atoms with Gasteiger partial charge in [-0.25, -0.2) is 4.39 Å². The monoisotopic (exact) mass is 344 g/mol. The van der Waals surface area contributed by atoms with Crippen LogP contribution in [0.5, 0.6) is 0 Å². The average molecular weight is 345 g/mol. The second-order valence-electron chi connectivity index (χ2n) is 6.59. The summed E-state index contributed by atoms with van der Waals surface area (Å²) < 4.78 is 14.0. The molecule has 1 fully saturated rings. The van der Waals surface area contributed by atoms with Crippen LogP contribution in [0.4, 0.5) is 4.39 Å². The van der Waals surface area contributed by atoms with Crippen molar-refractivity contribution in [1.82, 2.24) is 10.2 Å². The molecular weight excluding hydrogens is 327 g/mol. The number of benzene rings is 2. The Morgan fingerprint density at radius 1 is 1.21 bits per heavy atom. The van der Waals surface area contributed by atoms with Gasteiger partial charge in [0.2, 0.25) is 0 Å². The van der Waals surface area contributed by atoms with Crippen molar-refractivity contribution in [2.24, 2.45) is 5.92 Å². The van der Waals surface area contributed by atoms with Crippen LogP contribution >= 0.6 is 11.6 Å². The summed E-state index contributed by atoms with van der Waals surface area (Å²) in [5.41, 5.74) is 2.49. The van der Waals surface area contributed by atoms with E-state index < -0.39 is 0 Å². The topological polar surface area (TPSA) is 32.3 Å². The predicted octanol–water partition coefficient (Wildman–Crippen LogP) is 3.44. The largest absolute Gasteiger partial charge is 0.352 e. The summed E-state index contributed by atoms with van der Waals surface area (Å²) >= 11 is 6.00. The van der Waals surface area contributed by atoms with Crippen LogP contribution in [0.1, 0.15) is 27.4 Å². The summed E-state index contributed by atoms with van der Waals surface area (Å²) in [5, 5.41) is 3.57. The van der Waals surface area contributed by atoms with Crippen LogP contribution in [0.15, 0.2) is 42.5 Å². The van der Waals surface area contributed by atoms with Crippen LogP contribution in [0.25, 0.3) is 0 Å². The summed E-state index contributed by atoms with van der Waals surface area (Å²) in [7, 11) is 0. The highest BCUT2D eigenvalue weighted by Crippen LogP contribution is 2.36. The number of halogens is 2. The van der Waals surface area contributed by atoms with Crippen molar-refractivity contribution in [3.63, 3.8) is 0 Å². The van der Waals surface area contributed by atoms with E-state index in [-0.39, 0.29) is 11.7 Å². The number of hydrogen-bond acceptors (Lipinski definition) is 2. The zero-order valence-electron chi connectivity index (χ0n) is 13.1. The van der Waals surface area contributed by atoms with Crippen molar-refractivity contribution in [2.75, 3.05) is 19.6 Å². The quantitative estimate of drug-likeness (QED) is 0.905. The van der Waals surface area contributed by atoms with Gasteiger partial charge in [-0.15, -0.1) is 0 Å². The third-order valence-corrected chi connectivity index (χ3v) is 5.28. The van der Waals surface area contributed by atoms with E-state index in [1.807, 2.05) is 24.3 Å². The normalized spacial score (nSPS) is 23.3. The van der Waals surface area contributed by atoms with Crippen LogP contribution in [0.3, 0.4) is 0 Å². The third-order valence-electron chi connectivity index (χ3n) is 5.05. The molecule has 124 valence electrons. The molecular formula is C19H18ClFN2O. The summed E-state index contributed by atoms with van der Waals surface area (Å²) in [4.78, 5) is 14.5. The smallest absolute Gasteiger partial charge is 0.251 e. The molecule has 0 unspecified atom stereocenters. The summed E-state index contributed by atoms with van der Waals surface area (Å²) in [6.45, 7) is 2.86. The molecule has 0 bridgehead atoms. The Hall–Kier alpha value is -1.91. The van der Waals surface area contributed by atoms with Gasteiger partial charge >= 0.3 is 0 Å². The molecule has 2 aliphatic rings. The highest BCUT2D eigenvalue weighted by molar-refractivity contribution is 6.30. The number of hydrogen-bond donors (Lipinski definition) is 1. The third kappa shape index (κ3) is 2.80. The zero-order valence-corrected chi connectivity index (χ0v) is 13.9. The summed E-state index contributed by atoms with van der Waals surface area (Å²) in [6.07, 6.45) is 0. The number of carbonyl (C=O) groups is 1. The van der Waals surface area contributed by atoms with E-state index >= 15 is 0 Å². The van der Waals surface area contributed by atoms with Crippen LogP contribution in [-0.4, -0.2) is 30.4 Å². The zero-order chi connectivity index (χ0) is 16.7. The molecule has 0 aromatic heterocycles. The number of amides is 1. The lowest BCUT2D eigenvalue weighted by Crippen LogP contribution is -2.29. The fourth-order valence-electron chi connectivity index (χ4n) is 3.90. The van der Waals surface area contributed by atoms with E-state index in [1.165, 1.54) is 6.07 Å². The van der Waals surface area contributed by atoms with Crippen LogP contribution in [0, 0.1) is 11.7 Å². The van der Waals surface area contributed by atoms with Gasteiger partial charge in [0.05, 0.1) is 0 Å². The lowest BCUT2D eigenvalue weighted by molar-refractivity contribution is 0.0951. The van der Waals surface area contributed by atoms with Crippen molar-refractivity contribution >= 4 is 17.5 Å². The number of rotatable bonds is 2. The molecule has 5 heteroatoms. The van der Waals surface area contributed by atoms with Gasteiger partial charge in [0, 0.05) is 48.2 Å². The summed E-state index contributed by atoms with van der Waals surface area (Å²) in [5.74, 6) is 0.426. The van der Waals surface area contributed by atoms with Crippen LogP contribution < -0.4 is 5.32 Å². The maximum absolute atomic E-state index is 14.0. The fraction of sp³-hybridized carbons (Fsp3) is 0.316. The number of nitrogens with zero attached hydrogens (tertiary/aromatic N) is 1. The van der Waals surface area contributed by atoms with Gasteiger partial charge in [-0.05, 0) is 35.7 Å². The van der Waals surface area contributed by atoms with E-state index in [0.29, 0.717) is 35.5 Å². The lowest BCUT2D eigenvalue weighted by atomic mass is 9.87. The molecule has 1 N–H and O–H groups in total. The Kier molecular flexibility index (Phi) is 4.02. The molecule has 4 rings (SSSR count). The minimum atomic E-state index is -0.222. The molecule has 0 aliphatic carbocycles. The number of carbonyl (C=O) groups excluding carboxylic acids is 1. The van der Waals surface area contributed by atoms with Crippen molar-refractivity contribution in [1.29, 1.82) is 0 Å². The number of fused-ring (bicyclic) bond motifs is 3. The Morgan fingerprint density at radius 3 is 2.92 bits per heavy atom. The molecule has 0 spiro atoms. The molecule has 1 saturated heterocycles. The minimum absolute atomic E-state index is 0.00688. The van der Waals surface area contributed by atoms with Crippen molar-refractivity contribution < 1.29 is 9.18 Å². The lowest BCUT2D eigenvalue weighted by Gasteiger charge is -2.18. The van der Waals surface area contributed by atoms with Gasteiger partial charge < -0.3 is 5.32 Å². The van der Waals surface area contributed by atoms with Gasteiger partial charge in [-0.2, -0.15) is 0 Å². The minimum Gasteiger partial charge on any atom is -0.352 e. The number of likely N-dealkylation sites (tertiary alicyclic amines) is 1. The second-order valence-corrected chi connectivity index (χ2v) is 7.03. The van der Waals surface area contributed by atoms with Crippen molar-refractivity contribution in [3.05, 3.63) is 70.0 Å². The summed E-state index contributed by atoms with van der Waals surface area (Å²) in [6, 6.07) is 12.5. The van der Waals surface area contributed by atoms with E-state index in [1.54, 1.807) is 12.1 Å². The Morgan fingerprint density at radius 2 is 2.04 bits per heavy atom. The molecule has 2 atom stereocenters. The Labute approximate surface area is 145 Å². The molecule has 0 radical (unpaired) electrons. The van der Waals surface area contributed by atoms with Crippen molar-refractivity contribution in [2.45, 2.75) is 12.5 Å². The van der Waals surface area contributed by atoms with Crippen LogP contribution in [0.2, 0.25) is 5.02 Å². The first-order valence-electron chi connectivity index (χ1n) is 8.15. The average Bonchev–Trinajstić information content (AvgIpc) is 2.93. The van der Waals surface area contributed by atoms with Gasteiger partial charge in [0.25, 0.3) is 5.91 Å². The SMILES string of the molecule is O=C1NC[C@@H]2CN(Cc3cc(Cl)ccc3F)C[C@H]2c2ccccc21. The van der Waals surface area contributed by atoms with E-state index in [4.69, 9.17) is 11.6 Å². The Bertz CT molecular complexity index is 795. The van der Waals surface area contributed by atoms with Gasteiger partial charge in [0.15, 0.2) is 0 Å². The fourth-order valence-corrected chi connectivity index (χ4v) is 4.10. The van der Waals surface area contributed by atoms with Gasteiger partial charge in [0.1, 0.15) is 5.82 Å². The molecule has 2 heterocycles. The number of nitrogens with one attached hydrogen (secondary N) is 1. The first-order chi connectivity index (χ1) is 11.6. The molecule has 2 aromatic carbocycles. The predicted molar refractivity (Wildman–Crippen MR) is 91.7 cm³/mol. The molecule has 0 saturated carbocycles. The molecule has 2 aromatic rings. The highest BCUT2D eigenvalue weighted by Gasteiger charge is 2.37. The molecule has 24 heavy (non-hydrogen) atoms. The van der Waals surface area contributed by atoms with Gasteiger partial charge in [-0.3, -0.25) is 9.69 Å². The van der Waals surface area contributed by atoms with Gasteiger partial charge in [-0.1, -0.05) is 29.8 Å². The molecule has 2 aliphatic heterocycles.